The topological polar surface area (TPSA) is 60.4 Å². The monoisotopic (exact) mass is 189 g/mol. The van der Waals surface area contributed by atoms with Gasteiger partial charge in [-0.05, 0) is 12.5 Å². The third-order valence-corrected chi connectivity index (χ3v) is 1.12. The highest BCUT2D eigenvalue weighted by Crippen LogP contribution is 1.84. The van der Waals surface area contributed by atoms with Crippen LogP contribution in [0.3, 0.4) is 0 Å². The van der Waals surface area contributed by atoms with Crippen molar-refractivity contribution in [3.8, 4) is 0 Å². The number of nitrogens with zero attached hydrogens (tertiary/aromatic N) is 1. The zero-order valence-corrected chi connectivity index (χ0v) is 8.83. The van der Waals surface area contributed by atoms with Crippen LogP contribution in [-0.4, -0.2) is 49.9 Å². The maximum Gasteiger partial charge on any atom is 0.101 e. The van der Waals surface area contributed by atoms with Gasteiger partial charge in [-0.2, -0.15) is 0 Å². The van der Waals surface area contributed by atoms with E-state index in [1.165, 1.54) is 6.92 Å². The zero-order valence-electron chi connectivity index (χ0n) is 8.83. The molecule has 4 nitrogen and oxygen atoms in total. The third-order valence-electron chi connectivity index (χ3n) is 1.12. The van der Waals surface area contributed by atoms with Crippen LogP contribution < -0.4 is 5.11 Å². The van der Waals surface area contributed by atoms with E-state index in [0.717, 1.165) is 11.0 Å². The first kappa shape index (κ1) is 14.6. The lowest BCUT2D eigenvalue weighted by Gasteiger charge is -2.21. The zero-order chi connectivity index (χ0) is 11.1. The Morgan fingerprint density at radius 2 is 1.77 bits per heavy atom. The summed E-state index contributed by atoms with van der Waals surface area (Å²) in [4.78, 5) is 9.49. The van der Waals surface area contributed by atoms with E-state index < -0.39 is 5.97 Å². The summed E-state index contributed by atoms with van der Waals surface area (Å²) in [5.74, 6) is -1.19. The molecule has 0 aromatic rings. The molecule has 0 rings (SSSR count). The molecule has 0 bridgehead atoms. The summed E-state index contributed by atoms with van der Waals surface area (Å²) in [5, 5.41) is 17.9. The number of likely N-dealkylation sites (N-methyl/N-ethyl adjacent to an activating group) is 1. The molecular weight excluding hydrogens is 170 g/mol. The van der Waals surface area contributed by atoms with Gasteiger partial charge >= 0.3 is 0 Å². The molecule has 13 heavy (non-hydrogen) atoms. The number of aliphatic hydroxyl groups excluding tert-OH is 1. The van der Waals surface area contributed by atoms with Crippen LogP contribution in [0.25, 0.3) is 0 Å². The Kier molecular flexibility index (Phi) is 7.46. The van der Waals surface area contributed by atoms with Crippen LogP contribution in [-0.2, 0) is 4.79 Å². The maximum absolute atomic E-state index is 9.49. The third kappa shape index (κ3) is 18.2. The lowest BCUT2D eigenvalue weighted by atomic mass is 10.4. The summed E-state index contributed by atoms with van der Waals surface area (Å²) in [6.45, 7) is 5.59. The van der Waals surface area contributed by atoms with E-state index in [4.69, 9.17) is 5.11 Å². The summed E-state index contributed by atoms with van der Waals surface area (Å²) >= 11 is 0. The minimum atomic E-state index is -1.19. The van der Waals surface area contributed by atoms with Crippen LogP contribution >= 0.6 is 0 Å². The number of aliphatic carboxylic acids is 1. The molecule has 0 atom stereocenters. The summed E-state index contributed by atoms with van der Waals surface area (Å²) in [6, 6.07) is 0. The van der Waals surface area contributed by atoms with Crippen molar-refractivity contribution >= 4 is 5.97 Å². The number of aliphatic hydroxyl groups is 1. The molecule has 0 aromatic heterocycles. The molecule has 1 N–H and O–H groups in total. The van der Waals surface area contributed by atoms with E-state index in [9.17, 15) is 9.90 Å². The highest BCUT2D eigenvalue weighted by molar-refractivity contribution is 5.82. The van der Waals surface area contributed by atoms with E-state index in [-0.39, 0.29) is 12.2 Å². The maximum atomic E-state index is 9.49. The van der Waals surface area contributed by atoms with E-state index in [1.807, 2.05) is 0 Å². The van der Waals surface area contributed by atoms with Gasteiger partial charge < -0.3 is 19.5 Å². The molecule has 0 amide bonds. The fourth-order valence-electron chi connectivity index (χ4n) is 0.300. The van der Waals surface area contributed by atoms with Gasteiger partial charge in [0.25, 0.3) is 0 Å². The highest BCUT2D eigenvalue weighted by atomic mass is 16.4. The van der Waals surface area contributed by atoms with Crippen molar-refractivity contribution in [1.29, 1.82) is 0 Å². The van der Waals surface area contributed by atoms with Crippen molar-refractivity contribution in [3.05, 3.63) is 12.2 Å². The SMILES string of the molecule is C=C(C)C(=O)[O-].C[N+](C)(C)CCO. The van der Waals surface area contributed by atoms with Crippen molar-refractivity contribution < 1.29 is 19.5 Å². The number of carboxylic acids is 1. The number of hydrogen-bond donors (Lipinski definition) is 1. The Morgan fingerprint density at radius 3 is 1.77 bits per heavy atom. The summed E-state index contributed by atoms with van der Waals surface area (Å²) < 4.78 is 0.844. The average molecular weight is 189 g/mol. The first-order chi connectivity index (χ1) is 5.70. The van der Waals surface area contributed by atoms with Crippen LogP contribution in [0.5, 0.6) is 0 Å². The quantitative estimate of drug-likeness (QED) is 0.457. The molecule has 0 fully saturated rings. The lowest BCUT2D eigenvalue weighted by Crippen LogP contribution is -2.36. The van der Waals surface area contributed by atoms with Crippen molar-refractivity contribution in [2.75, 3.05) is 34.3 Å². The Morgan fingerprint density at radius 1 is 1.46 bits per heavy atom. The van der Waals surface area contributed by atoms with Crippen molar-refractivity contribution in [3.63, 3.8) is 0 Å². The summed E-state index contributed by atoms with van der Waals surface area (Å²) in [6.07, 6.45) is 0. The standard InChI is InChI=1S/C5H14NO.C4H6O2/c1-6(2,3)4-5-7;1-3(2)4(5)6/h7H,4-5H2,1-3H3;1H2,2H3,(H,5,6)/q+1;/p-1. The van der Waals surface area contributed by atoms with Gasteiger partial charge in [0.15, 0.2) is 0 Å². The Bertz CT molecular complexity index is 158. The lowest BCUT2D eigenvalue weighted by molar-refractivity contribution is -0.870. The van der Waals surface area contributed by atoms with Gasteiger partial charge in [-0.1, -0.05) is 6.58 Å². The van der Waals surface area contributed by atoms with E-state index in [2.05, 4.69) is 27.7 Å². The van der Waals surface area contributed by atoms with E-state index in [1.54, 1.807) is 0 Å². The Hall–Kier alpha value is -0.870. The smallest absolute Gasteiger partial charge is 0.101 e. The van der Waals surface area contributed by atoms with Crippen LogP contribution in [0, 0.1) is 0 Å². The molecule has 78 valence electrons. The molecule has 0 aliphatic rings. The molecule has 0 aromatic carbocycles. The Balaban J connectivity index is 0. The fraction of sp³-hybridized carbons (Fsp3) is 0.667. The van der Waals surface area contributed by atoms with Gasteiger partial charge in [0.1, 0.15) is 6.54 Å². The van der Waals surface area contributed by atoms with Crippen LogP contribution in [0.2, 0.25) is 0 Å². The molecule has 0 radical (unpaired) electrons. The van der Waals surface area contributed by atoms with Gasteiger partial charge in [-0.15, -0.1) is 0 Å². The van der Waals surface area contributed by atoms with E-state index in [0.29, 0.717) is 0 Å². The molecule has 0 aliphatic carbocycles. The number of carbonyl (C=O) groups is 1. The first-order valence-electron chi connectivity index (χ1n) is 3.99. The molecule has 0 heterocycles. The van der Waals surface area contributed by atoms with Crippen molar-refractivity contribution in [2.45, 2.75) is 6.92 Å². The predicted molar refractivity (Wildman–Crippen MR) is 49.8 cm³/mol. The molecule has 0 saturated carbocycles. The van der Waals surface area contributed by atoms with Gasteiger partial charge in [0.2, 0.25) is 0 Å². The highest BCUT2D eigenvalue weighted by Gasteiger charge is 2.02. The van der Waals surface area contributed by atoms with Gasteiger partial charge in [0, 0.05) is 0 Å². The normalized spacial score (nSPS) is 9.92. The minimum absolute atomic E-state index is 0.0648. The minimum Gasteiger partial charge on any atom is -0.545 e. The second-order valence-corrected chi connectivity index (χ2v) is 3.81. The molecular formula is C9H19NO3. The molecule has 0 saturated heterocycles. The largest absolute Gasteiger partial charge is 0.545 e. The Labute approximate surface area is 79.7 Å². The van der Waals surface area contributed by atoms with Crippen LogP contribution in [0.4, 0.5) is 0 Å². The molecule has 4 heteroatoms. The first-order valence-corrected chi connectivity index (χ1v) is 3.99. The molecule has 0 spiro atoms. The summed E-state index contributed by atoms with van der Waals surface area (Å²) in [7, 11) is 6.16. The molecule has 0 aliphatic heterocycles. The molecule has 0 unspecified atom stereocenters. The number of carboxylic acid groups (broad SMARTS) is 1. The van der Waals surface area contributed by atoms with Crippen LogP contribution in [0.15, 0.2) is 12.2 Å². The van der Waals surface area contributed by atoms with Gasteiger partial charge in [-0.25, -0.2) is 0 Å². The van der Waals surface area contributed by atoms with Crippen molar-refractivity contribution in [1.82, 2.24) is 0 Å². The summed E-state index contributed by atoms with van der Waals surface area (Å²) in [5.41, 5.74) is 0.0648. The number of hydrogen-bond acceptors (Lipinski definition) is 3. The number of carbonyl (C=O) groups excluding carboxylic acids is 1. The second-order valence-electron chi connectivity index (χ2n) is 3.81. The predicted octanol–water partition coefficient (Wildman–Crippen LogP) is -1.00. The van der Waals surface area contributed by atoms with Gasteiger partial charge in [-0.3, -0.25) is 0 Å². The van der Waals surface area contributed by atoms with Crippen LogP contribution in [0.1, 0.15) is 6.92 Å². The second kappa shape index (κ2) is 6.62. The fourth-order valence-corrected chi connectivity index (χ4v) is 0.300. The number of rotatable bonds is 3. The van der Waals surface area contributed by atoms with Gasteiger partial charge in [0.05, 0.1) is 33.7 Å². The number of quaternary nitrogens is 1. The van der Waals surface area contributed by atoms with Crippen molar-refractivity contribution in [2.24, 2.45) is 0 Å². The van der Waals surface area contributed by atoms with E-state index >= 15 is 0 Å². The average Bonchev–Trinajstić information content (AvgIpc) is 1.85.